The molecule has 1 heterocycles. The molecule has 0 spiro atoms. The summed E-state index contributed by atoms with van der Waals surface area (Å²) in [4.78, 5) is 4.24. The maximum Gasteiger partial charge on any atom is 0.0954 e. The Morgan fingerprint density at radius 3 is 2.39 bits per heavy atom. The first-order valence-corrected chi connectivity index (χ1v) is 6.27. The molecule has 2 N–H and O–H groups in total. The maximum absolute atomic E-state index is 6.18. The van der Waals surface area contributed by atoms with Crippen LogP contribution < -0.4 is 5.73 Å². The van der Waals surface area contributed by atoms with E-state index in [-0.39, 0.29) is 11.6 Å². The zero-order valence-electron chi connectivity index (χ0n) is 11.5. The van der Waals surface area contributed by atoms with Crippen LogP contribution >= 0.6 is 0 Å². The van der Waals surface area contributed by atoms with E-state index in [1.807, 2.05) is 26.4 Å². The normalized spacial score (nSPS) is 13.6. The molecule has 0 fully saturated rings. The second-order valence-corrected chi connectivity index (χ2v) is 5.49. The Kier molecular flexibility index (Phi) is 3.26. The summed E-state index contributed by atoms with van der Waals surface area (Å²) in [7, 11) is 0. The summed E-state index contributed by atoms with van der Waals surface area (Å²) in [6.07, 6.45) is 3.71. The zero-order valence-corrected chi connectivity index (χ0v) is 11.5. The maximum atomic E-state index is 6.18. The molecule has 0 radical (unpaired) electrons. The minimum atomic E-state index is -0.380. The third-order valence-electron chi connectivity index (χ3n) is 3.30. The van der Waals surface area contributed by atoms with Crippen LogP contribution in [0, 0.1) is 6.92 Å². The van der Waals surface area contributed by atoms with Gasteiger partial charge in [-0.25, -0.2) is 4.98 Å². The molecule has 3 heteroatoms. The highest BCUT2D eigenvalue weighted by Crippen LogP contribution is 2.24. The zero-order chi connectivity index (χ0) is 13.3. The van der Waals surface area contributed by atoms with Crippen LogP contribution in [0.2, 0.25) is 0 Å². The van der Waals surface area contributed by atoms with Crippen molar-refractivity contribution in [2.24, 2.45) is 5.73 Å². The lowest BCUT2D eigenvalue weighted by Crippen LogP contribution is -2.32. The Labute approximate surface area is 109 Å². The van der Waals surface area contributed by atoms with Gasteiger partial charge in [-0.05, 0) is 33.3 Å². The highest BCUT2D eigenvalue weighted by Gasteiger charge is 2.21. The summed E-state index contributed by atoms with van der Waals surface area (Å²) in [5.41, 5.74) is 9.39. The molecule has 0 aliphatic rings. The number of aromatic nitrogens is 2. The third-order valence-corrected chi connectivity index (χ3v) is 3.30. The van der Waals surface area contributed by atoms with Crippen molar-refractivity contribution in [1.29, 1.82) is 0 Å². The van der Waals surface area contributed by atoms with Crippen molar-refractivity contribution < 1.29 is 0 Å². The van der Waals surface area contributed by atoms with Crippen molar-refractivity contribution in [3.8, 4) is 0 Å². The number of rotatable bonds is 3. The molecule has 2 aromatic rings. The molecule has 1 aromatic carbocycles. The largest absolute Gasteiger partial charge is 0.326 e. The Balaban J connectivity index is 2.37. The van der Waals surface area contributed by atoms with E-state index in [1.165, 1.54) is 11.1 Å². The first-order valence-electron chi connectivity index (χ1n) is 6.27. The van der Waals surface area contributed by atoms with Gasteiger partial charge in [-0.15, -0.1) is 0 Å². The average molecular weight is 243 g/mol. The van der Waals surface area contributed by atoms with Crippen molar-refractivity contribution in [2.45, 2.75) is 39.3 Å². The minimum absolute atomic E-state index is 0.242. The predicted octanol–water partition coefficient (Wildman–Crippen LogP) is 2.99. The predicted molar refractivity (Wildman–Crippen MR) is 74.4 cm³/mol. The van der Waals surface area contributed by atoms with Gasteiger partial charge < -0.3 is 10.3 Å². The average Bonchev–Trinajstić information content (AvgIpc) is 2.77. The lowest BCUT2D eigenvalue weighted by Gasteiger charge is -2.24. The van der Waals surface area contributed by atoms with E-state index in [0.717, 1.165) is 5.69 Å². The first kappa shape index (κ1) is 12.8. The second-order valence-electron chi connectivity index (χ2n) is 5.49. The van der Waals surface area contributed by atoms with Gasteiger partial charge in [-0.3, -0.25) is 0 Å². The molecule has 96 valence electrons. The molecule has 1 atom stereocenters. The van der Waals surface area contributed by atoms with Crippen LogP contribution in [0.1, 0.15) is 43.6 Å². The molecule has 1 aromatic heterocycles. The van der Waals surface area contributed by atoms with Gasteiger partial charge in [-0.1, -0.05) is 29.8 Å². The number of benzene rings is 1. The fourth-order valence-corrected chi connectivity index (χ4v) is 2.12. The Morgan fingerprint density at radius 2 is 1.83 bits per heavy atom. The highest BCUT2D eigenvalue weighted by atomic mass is 15.1. The monoisotopic (exact) mass is 243 g/mol. The van der Waals surface area contributed by atoms with E-state index < -0.39 is 0 Å². The summed E-state index contributed by atoms with van der Waals surface area (Å²) in [5.74, 6) is 0. The van der Waals surface area contributed by atoms with Crippen LogP contribution in [0.4, 0.5) is 0 Å². The van der Waals surface area contributed by atoms with Gasteiger partial charge in [0.2, 0.25) is 0 Å². The smallest absolute Gasteiger partial charge is 0.0954 e. The second kappa shape index (κ2) is 4.58. The summed E-state index contributed by atoms with van der Waals surface area (Å²) in [6, 6.07) is 8.83. The van der Waals surface area contributed by atoms with E-state index in [9.17, 15) is 0 Å². The quantitative estimate of drug-likeness (QED) is 0.900. The molecule has 0 aliphatic carbocycles. The van der Waals surface area contributed by atoms with Crippen LogP contribution in [0.15, 0.2) is 36.8 Å². The summed E-state index contributed by atoms with van der Waals surface area (Å²) in [5, 5.41) is 0. The van der Waals surface area contributed by atoms with Crippen molar-refractivity contribution in [2.75, 3.05) is 0 Å². The Hall–Kier alpha value is -1.61. The number of hydrogen-bond donors (Lipinski definition) is 1. The standard InChI is InChI=1S/C15H21N3/c1-11-5-7-13(8-6-11)12(2)18-10-17-9-14(18)15(3,4)16/h5-10,12H,16H2,1-4H3. The van der Waals surface area contributed by atoms with Crippen molar-refractivity contribution in [3.63, 3.8) is 0 Å². The summed E-state index contributed by atoms with van der Waals surface area (Å²) < 4.78 is 2.14. The third kappa shape index (κ3) is 2.46. The first-order chi connectivity index (χ1) is 8.39. The molecular weight excluding hydrogens is 222 g/mol. The van der Waals surface area contributed by atoms with Gasteiger partial charge in [0.25, 0.3) is 0 Å². The van der Waals surface area contributed by atoms with Crippen LogP contribution in [0.5, 0.6) is 0 Å². The lowest BCUT2D eigenvalue weighted by atomic mass is 10.0. The van der Waals surface area contributed by atoms with Crippen molar-refractivity contribution >= 4 is 0 Å². The molecule has 1 unspecified atom stereocenters. The highest BCUT2D eigenvalue weighted by molar-refractivity contribution is 5.25. The fourth-order valence-electron chi connectivity index (χ4n) is 2.12. The van der Waals surface area contributed by atoms with Crippen molar-refractivity contribution in [3.05, 3.63) is 53.6 Å². The summed E-state index contributed by atoms with van der Waals surface area (Å²) in [6.45, 7) is 8.27. The van der Waals surface area contributed by atoms with Crippen LogP contribution in [0.25, 0.3) is 0 Å². The van der Waals surface area contributed by atoms with E-state index >= 15 is 0 Å². The van der Waals surface area contributed by atoms with E-state index in [2.05, 4.69) is 47.7 Å². The van der Waals surface area contributed by atoms with Crippen molar-refractivity contribution in [1.82, 2.24) is 9.55 Å². The van der Waals surface area contributed by atoms with E-state index in [4.69, 9.17) is 5.73 Å². The Bertz CT molecular complexity index is 517. The minimum Gasteiger partial charge on any atom is -0.326 e. The molecule has 0 saturated heterocycles. The number of aryl methyl sites for hydroxylation is 1. The molecule has 3 nitrogen and oxygen atoms in total. The molecule has 0 amide bonds. The molecule has 0 saturated carbocycles. The van der Waals surface area contributed by atoms with E-state index in [1.54, 1.807) is 0 Å². The fraction of sp³-hybridized carbons (Fsp3) is 0.400. The van der Waals surface area contributed by atoms with Gasteiger partial charge >= 0.3 is 0 Å². The van der Waals surface area contributed by atoms with Gasteiger partial charge in [0.15, 0.2) is 0 Å². The summed E-state index contributed by atoms with van der Waals surface area (Å²) >= 11 is 0. The van der Waals surface area contributed by atoms with E-state index in [0.29, 0.717) is 0 Å². The number of nitrogens with two attached hydrogens (primary N) is 1. The van der Waals surface area contributed by atoms with Gasteiger partial charge in [0.1, 0.15) is 0 Å². The molecule has 0 aliphatic heterocycles. The molecule has 18 heavy (non-hydrogen) atoms. The Morgan fingerprint density at radius 1 is 1.22 bits per heavy atom. The van der Waals surface area contributed by atoms with Gasteiger partial charge in [0.05, 0.1) is 29.8 Å². The van der Waals surface area contributed by atoms with Gasteiger partial charge in [0, 0.05) is 0 Å². The number of imidazole rings is 1. The molecule has 2 rings (SSSR count). The molecule has 0 bridgehead atoms. The molecular formula is C15H21N3. The van der Waals surface area contributed by atoms with Crippen LogP contribution in [-0.2, 0) is 5.54 Å². The van der Waals surface area contributed by atoms with Crippen LogP contribution in [0.3, 0.4) is 0 Å². The number of hydrogen-bond acceptors (Lipinski definition) is 2. The SMILES string of the molecule is Cc1ccc(C(C)n2cncc2C(C)(C)N)cc1. The number of nitrogens with zero attached hydrogens (tertiary/aromatic N) is 2. The van der Waals surface area contributed by atoms with Crippen LogP contribution in [-0.4, -0.2) is 9.55 Å². The van der Waals surface area contributed by atoms with Gasteiger partial charge in [-0.2, -0.15) is 0 Å². The lowest BCUT2D eigenvalue weighted by molar-refractivity contribution is 0.477. The topological polar surface area (TPSA) is 43.8 Å².